The summed E-state index contributed by atoms with van der Waals surface area (Å²) >= 11 is 19.9. The van der Waals surface area contributed by atoms with Crippen LogP contribution in [0.4, 0.5) is 0 Å². The second-order valence-corrected chi connectivity index (χ2v) is 26.0. The number of aryl methyl sites for hydroxylation is 3. The highest BCUT2D eigenvalue weighted by atomic mass is 35.5. The summed E-state index contributed by atoms with van der Waals surface area (Å²) in [4.78, 5) is 64.6. The molecule has 0 unspecified atom stereocenters. The first kappa shape index (κ1) is 60.7. The van der Waals surface area contributed by atoms with Gasteiger partial charge in [-0.1, -0.05) is 72.3 Å². The van der Waals surface area contributed by atoms with E-state index in [1.807, 2.05) is 59.5 Å². The molecule has 3 aliphatic carbocycles. The van der Waals surface area contributed by atoms with Gasteiger partial charge in [0.2, 0.25) is 0 Å². The number of rotatable bonds is 11. The number of pyridine rings is 3. The van der Waals surface area contributed by atoms with Crippen molar-refractivity contribution in [3.05, 3.63) is 120 Å². The van der Waals surface area contributed by atoms with E-state index in [-0.39, 0.29) is 17.7 Å². The topological polar surface area (TPSA) is 130 Å². The molecule has 6 aromatic rings. The van der Waals surface area contributed by atoms with E-state index >= 15 is 0 Å². The number of nitrogens with zero attached hydrogens (tertiary/aromatic N) is 8. The molecule has 3 aromatic heterocycles. The Hall–Kier alpha value is -4.99. The van der Waals surface area contributed by atoms with Gasteiger partial charge in [0.05, 0.1) is 31.6 Å². The molecule has 3 amide bonds. The molecule has 0 radical (unpaired) electrons. The highest BCUT2D eigenvalue weighted by molar-refractivity contribution is 6.37. The number of benzene rings is 3. The molecule has 0 spiro atoms. The first-order chi connectivity index (χ1) is 41.0. The minimum atomic E-state index is -0.0282. The molecular weight excluding hydrogens is 1110 g/mol. The van der Waals surface area contributed by atoms with Gasteiger partial charge in [-0.25, -0.2) is 0 Å². The molecule has 4 aliphatic heterocycles. The number of piperazine rings is 1. The summed E-state index contributed by atoms with van der Waals surface area (Å²) < 4.78 is 0. The zero-order valence-electron chi connectivity index (χ0n) is 49.7. The van der Waals surface area contributed by atoms with Gasteiger partial charge in [-0.15, -0.1) is 0 Å². The summed E-state index contributed by atoms with van der Waals surface area (Å²) in [6.07, 6.45) is 24.7. The van der Waals surface area contributed by atoms with Crippen molar-refractivity contribution in [1.82, 2.24) is 50.1 Å². The molecule has 4 fully saturated rings. The number of nitrogens with one attached hydrogen (secondary N) is 2. The number of fused-ring (bicyclic) bond motifs is 6. The van der Waals surface area contributed by atoms with Crippen LogP contribution in [-0.2, 0) is 38.5 Å². The van der Waals surface area contributed by atoms with Crippen LogP contribution < -0.4 is 10.6 Å². The van der Waals surface area contributed by atoms with Crippen LogP contribution in [0.5, 0.6) is 0 Å². The van der Waals surface area contributed by atoms with E-state index in [0.717, 1.165) is 180 Å². The summed E-state index contributed by atoms with van der Waals surface area (Å²) in [6.45, 7) is 15.0. The van der Waals surface area contributed by atoms with Gasteiger partial charge in [-0.3, -0.25) is 34.2 Å². The van der Waals surface area contributed by atoms with Crippen LogP contribution in [0.2, 0.25) is 15.1 Å². The Labute approximate surface area is 512 Å². The largest absolute Gasteiger partial charge is 0.351 e. The van der Waals surface area contributed by atoms with Gasteiger partial charge >= 0.3 is 0 Å². The monoisotopic (exact) mass is 1200 g/mol. The van der Waals surface area contributed by atoms with Crippen molar-refractivity contribution >= 4 is 85.2 Å². The molecule has 0 atom stereocenters. The molecule has 3 aromatic carbocycles. The highest BCUT2D eigenvalue weighted by Crippen LogP contribution is 2.36. The predicted octanol–water partition coefficient (Wildman–Crippen LogP) is 12.2. The Kier molecular flexibility index (Phi) is 21.1. The minimum Gasteiger partial charge on any atom is -0.351 e. The number of hydrogen-bond acceptors (Lipinski definition) is 10. The third-order valence-corrected chi connectivity index (χ3v) is 20.2. The Bertz CT molecular complexity index is 3290. The van der Waals surface area contributed by atoms with Crippen LogP contribution in [0.3, 0.4) is 0 Å². The van der Waals surface area contributed by atoms with E-state index in [1.165, 1.54) is 133 Å². The van der Waals surface area contributed by atoms with E-state index in [2.05, 4.69) is 37.3 Å². The number of hydrogen-bond donors (Lipinski definition) is 2. The van der Waals surface area contributed by atoms with Crippen molar-refractivity contribution in [3.63, 3.8) is 0 Å². The van der Waals surface area contributed by atoms with E-state index in [1.54, 1.807) is 0 Å². The SMILES string of the molecule is CN1CCC(CN2CCN(C(=O)c3ccc4c(Cl)c5c(nc4c3)CCCC5)CC2)CC1.O=C(NCCN1CCCCC1)c1ccc2c(Cl)c3c(nc2c1)CCCC3.O=C(NCCN1CCCCCC1)c1ccc2c(Cl)c3c(nc2c1)CCCC3. The van der Waals surface area contributed by atoms with Crippen molar-refractivity contribution < 1.29 is 14.4 Å². The van der Waals surface area contributed by atoms with Gasteiger partial charge in [0.1, 0.15) is 0 Å². The normalized spacial score (nSPS) is 19.3. The Morgan fingerprint density at radius 3 is 1.26 bits per heavy atom. The van der Waals surface area contributed by atoms with Gasteiger partial charge in [0.25, 0.3) is 17.7 Å². The van der Waals surface area contributed by atoms with Crippen LogP contribution in [0.25, 0.3) is 32.7 Å². The first-order valence-corrected chi connectivity index (χ1v) is 33.2. The van der Waals surface area contributed by atoms with Gasteiger partial charge < -0.3 is 30.2 Å². The summed E-state index contributed by atoms with van der Waals surface area (Å²) in [5, 5.41) is 11.5. The van der Waals surface area contributed by atoms with Crippen molar-refractivity contribution in [2.45, 2.75) is 135 Å². The fraction of sp³-hybridized carbons (Fsp3) is 0.559. The molecule has 84 heavy (non-hydrogen) atoms. The fourth-order valence-corrected chi connectivity index (χ4v) is 14.9. The number of carbonyl (C=O) groups is 3. The Morgan fingerprint density at radius 2 is 0.833 bits per heavy atom. The van der Waals surface area contributed by atoms with Crippen molar-refractivity contribution in [2.24, 2.45) is 5.92 Å². The molecule has 16 heteroatoms. The second-order valence-electron chi connectivity index (χ2n) is 24.9. The number of amides is 3. The zero-order chi connectivity index (χ0) is 57.9. The minimum absolute atomic E-state index is 0.0256. The molecule has 448 valence electrons. The van der Waals surface area contributed by atoms with Crippen LogP contribution in [0, 0.1) is 5.92 Å². The van der Waals surface area contributed by atoms with Crippen LogP contribution in [0.15, 0.2) is 54.6 Å². The lowest BCUT2D eigenvalue weighted by atomic mass is 9.94. The van der Waals surface area contributed by atoms with E-state index in [9.17, 15) is 14.4 Å². The summed E-state index contributed by atoms with van der Waals surface area (Å²) in [6, 6.07) is 17.3. The Morgan fingerprint density at radius 1 is 0.452 bits per heavy atom. The summed E-state index contributed by atoms with van der Waals surface area (Å²) in [7, 11) is 2.21. The van der Waals surface area contributed by atoms with Gasteiger partial charge in [0.15, 0.2) is 0 Å². The second kappa shape index (κ2) is 29.1. The van der Waals surface area contributed by atoms with Gasteiger partial charge in [-0.2, -0.15) is 0 Å². The maximum absolute atomic E-state index is 13.2. The molecule has 4 saturated heterocycles. The lowest BCUT2D eigenvalue weighted by molar-refractivity contribution is 0.0594. The standard InChI is InChI=1S/C25H33ClN4O.C22H28ClN3O.C21H26ClN3O/c1-28-10-8-18(9-11-28)17-29-12-14-30(15-13-29)25(31)19-6-7-21-23(16-19)27-22-5-3-2-4-20(22)24(21)26;23-21-17-7-3-4-8-19(17)25-20-15-16(9-10-18(20)21)22(27)24-11-14-26-12-5-1-2-6-13-26;22-20-16-6-2-3-7-18(16)24-19-14-15(8-9-17(19)20)21(26)23-10-13-25-11-4-1-5-12-25/h6-7,16,18H,2-5,8-15,17H2,1H3;9-10,15H,1-8,11-14H2,(H,24,27);8-9,14H,1-7,10-13H2,(H,23,26). The van der Waals surface area contributed by atoms with Crippen molar-refractivity contribution in [3.8, 4) is 0 Å². The number of piperidine rings is 2. The lowest BCUT2D eigenvalue weighted by Crippen LogP contribution is -2.50. The van der Waals surface area contributed by atoms with Crippen LogP contribution in [0.1, 0.15) is 161 Å². The highest BCUT2D eigenvalue weighted by Gasteiger charge is 2.27. The molecule has 13 nitrogen and oxygen atoms in total. The summed E-state index contributed by atoms with van der Waals surface area (Å²) in [5.74, 6) is 0.874. The number of carbonyl (C=O) groups excluding carboxylic acids is 3. The third-order valence-electron chi connectivity index (χ3n) is 18.9. The quantitative estimate of drug-likeness (QED) is 0.129. The molecule has 13 rings (SSSR count). The van der Waals surface area contributed by atoms with E-state index in [0.29, 0.717) is 24.2 Å². The smallest absolute Gasteiger partial charge is 0.254 e. The Balaban J connectivity index is 0.000000132. The number of likely N-dealkylation sites (tertiary alicyclic amines) is 3. The molecule has 0 bridgehead atoms. The molecule has 0 saturated carbocycles. The van der Waals surface area contributed by atoms with E-state index in [4.69, 9.17) is 49.8 Å². The van der Waals surface area contributed by atoms with Crippen molar-refractivity contribution in [2.75, 3.05) is 105 Å². The van der Waals surface area contributed by atoms with Gasteiger partial charge in [-0.05, 0) is 221 Å². The zero-order valence-corrected chi connectivity index (χ0v) is 51.9. The average molecular weight is 1200 g/mol. The molecule has 7 heterocycles. The third kappa shape index (κ3) is 15.0. The number of aromatic nitrogens is 3. The maximum atomic E-state index is 13.2. The van der Waals surface area contributed by atoms with Gasteiger partial charge in [0, 0.05) is 109 Å². The van der Waals surface area contributed by atoms with E-state index < -0.39 is 0 Å². The molecule has 7 aliphatic rings. The van der Waals surface area contributed by atoms with Crippen LogP contribution in [-0.4, -0.2) is 162 Å². The fourth-order valence-electron chi connectivity index (χ4n) is 13.8. The number of halogens is 3. The molecular formula is C68H87Cl3N10O3. The lowest BCUT2D eigenvalue weighted by Gasteiger charge is -2.38. The van der Waals surface area contributed by atoms with Crippen molar-refractivity contribution in [1.29, 1.82) is 0 Å². The average Bonchev–Trinajstić information content (AvgIpc) is 2.26. The summed E-state index contributed by atoms with van der Waals surface area (Å²) in [5.41, 5.74) is 11.5. The van der Waals surface area contributed by atoms with Crippen LogP contribution >= 0.6 is 34.8 Å². The molecule has 2 N–H and O–H groups in total. The predicted molar refractivity (Wildman–Crippen MR) is 343 cm³/mol. The first-order valence-electron chi connectivity index (χ1n) is 32.1. The maximum Gasteiger partial charge on any atom is 0.254 e.